The summed E-state index contributed by atoms with van der Waals surface area (Å²) in [4.78, 5) is 10.1. The Labute approximate surface area is 156 Å². The number of benzene rings is 1. The van der Waals surface area contributed by atoms with Gasteiger partial charge in [-0.15, -0.1) is 0 Å². The molecule has 138 valence electrons. The third-order valence-corrected chi connectivity index (χ3v) is 5.86. The smallest absolute Gasteiger partial charge is 0.173 e. The molecule has 2 aromatic rings. The van der Waals surface area contributed by atoms with Crippen LogP contribution in [0.15, 0.2) is 35.7 Å². The Balaban J connectivity index is 1.81. The first-order valence-electron chi connectivity index (χ1n) is 8.87. The lowest BCUT2D eigenvalue weighted by molar-refractivity contribution is -0.150. The van der Waals surface area contributed by atoms with Gasteiger partial charge in [0.25, 0.3) is 0 Å². The van der Waals surface area contributed by atoms with E-state index in [0.29, 0.717) is 17.9 Å². The number of hydrogen-bond acceptors (Lipinski definition) is 4. The van der Waals surface area contributed by atoms with Crippen LogP contribution in [-0.4, -0.2) is 31.6 Å². The highest BCUT2D eigenvalue weighted by atomic mass is 35.5. The molecule has 4 rings (SSSR count). The summed E-state index contributed by atoms with van der Waals surface area (Å²) in [7, 11) is 0. The Hall–Kier alpha value is -1.92. The zero-order chi connectivity index (χ0) is 18.4. The second-order valence-electron chi connectivity index (χ2n) is 7.17. The van der Waals surface area contributed by atoms with Gasteiger partial charge in [-0.3, -0.25) is 0 Å². The van der Waals surface area contributed by atoms with Gasteiger partial charge in [-0.05, 0) is 50.8 Å². The summed E-state index contributed by atoms with van der Waals surface area (Å²) in [5.74, 6) is 0.251. The van der Waals surface area contributed by atoms with E-state index in [2.05, 4.69) is 10.1 Å². The maximum Gasteiger partial charge on any atom is 0.173 e. The van der Waals surface area contributed by atoms with Gasteiger partial charge in [0.2, 0.25) is 0 Å². The van der Waals surface area contributed by atoms with Crippen LogP contribution in [0, 0.1) is 12.7 Å². The highest BCUT2D eigenvalue weighted by molar-refractivity contribution is 6.30. The number of aromatic nitrogens is 2. The van der Waals surface area contributed by atoms with E-state index in [0.717, 1.165) is 25.1 Å². The molecule has 0 bridgehead atoms. The number of aryl methyl sites for hydroxylation is 1. The van der Waals surface area contributed by atoms with Crippen molar-refractivity contribution in [2.24, 2.45) is 5.16 Å². The van der Waals surface area contributed by atoms with Crippen LogP contribution in [0.1, 0.15) is 43.5 Å². The fourth-order valence-corrected chi connectivity index (χ4v) is 4.28. The molecule has 1 N–H and O–H groups in total. The average Bonchev–Trinajstić information content (AvgIpc) is 3.12. The molecular weight excluding hydrogens is 357 g/mol. The van der Waals surface area contributed by atoms with Gasteiger partial charge in [0, 0.05) is 23.0 Å². The normalized spacial score (nSPS) is 24.5. The van der Waals surface area contributed by atoms with Crippen LogP contribution >= 0.6 is 11.6 Å². The highest BCUT2D eigenvalue weighted by Gasteiger charge is 2.61. The number of imidazole rings is 1. The van der Waals surface area contributed by atoms with Crippen LogP contribution in [-0.2, 0) is 11.4 Å². The third-order valence-electron chi connectivity index (χ3n) is 5.63. The first kappa shape index (κ1) is 17.5. The number of aliphatic hydroxyl groups is 1. The molecule has 2 heterocycles. The average molecular weight is 378 g/mol. The van der Waals surface area contributed by atoms with Crippen molar-refractivity contribution in [1.29, 1.82) is 0 Å². The molecule has 1 aromatic heterocycles. The van der Waals surface area contributed by atoms with Gasteiger partial charge in [0.15, 0.2) is 11.2 Å². The molecule has 5 nitrogen and oxygen atoms in total. The zero-order valence-corrected chi connectivity index (χ0v) is 15.3. The summed E-state index contributed by atoms with van der Waals surface area (Å²) in [5, 5.41) is 16.4. The van der Waals surface area contributed by atoms with Crippen molar-refractivity contribution in [2.45, 2.75) is 56.8 Å². The van der Waals surface area contributed by atoms with Crippen LogP contribution in [0.2, 0.25) is 5.02 Å². The molecule has 1 aliphatic carbocycles. The van der Waals surface area contributed by atoms with Crippen molar-refractivity contribution in [3.05, 3.63) is 52.8 Å². The Bertz CT molecular complexity index is 860. The van der Waals surface area contributed by atoms with Crippen molar-refractivity contribution in [1.82, 2.24) is 9.55 Å². The molecule has 2 aliphatic rings. The Morgan fingerprint density at radius 1 is 1.31 bits per heavy atom. The van der Waals surface area contributed by atoms with Gasteiger partial charge in [-0.2, -0.15) is 0 Å². The maximum absolute atomic E-state index is 14.6. The van der Waals surface area contributed by atoms with Crippen molar-refractivity contribution >= 4 is 17.3 Å². The zero-order valence-electron chi connectivity index (χ0n) is 14.6. The number of oxime groups is 1. The van der Waals surface area contributed by atoms with E-state index < -0.39 is 17.0 Å². The SMILES string of the molecule is Cc1nccn1CC1(O)C(c2ccc(Cl)cc2F)=NOC12CCCCC2. The molecule has 1 aliphatic heterocycles. The van der Waals surface area contributed by atoms with Crippen molar-refractivity contribution in [3.63, 3.8) is 0 Å². The fraction of sp³-hybridized carbons (Fsp3) is 0.474. The van der Waals surface area contributed by atoms with E-state index >= 15 is 0 Å². The number of halogens is 2. The number of rotatable bonds is 3. The lowest BCUT2D eigenvalue weighted by Crippen LogP contribution is -2.60. The van der Waals surface area contributed by atoms with Gasteiger partial charge >= 0.3 is 0 Å². The Morgan fingerprint density at radius 3 is 2.73 bits per heavy atom. The molecule has 1 unspecified atom stereocenters. The minimum Gasteiger partial charge on any atom is -0.385 e. The van der Waals surface area contributed by atoms with Gasteiger partial charge in [0.05, 0.1) is 6.54 Å². The Morgan fingerprint density at radius 2 is 2.08 bits per heavy atom. The summed E-state index contributed by atoms with van der Waals surface area (Å²) >= 11 is 5.89. The second-order valence-corrected chi connectivity index (χ2v) is 7.61. The first-order chi connectivity index (χ1) is 12.5. The van der Waals surface area contributed by atoms with Gasteiger partial charge in [0.1, 0.15) is 17.4 Å². The highest BCUT2D eigenvalue weighted by Crippen LogP contribution is 2.47. The minimum absolute atomic E-state index is 0.208. The van der Waals surface area contributed by atoms with E-state index in [1.165, 1.54) is 6.07 Å². The third kappa shape index (κ3) is 2.63. The molecule has 1 saturated carbocycles. The van der Waals surface area contributed by atoms with Gasteiger partial charge in [-0.1, -0.05) is 23.2 Å². The fourth-order valence-electron chi connectivity index (χ4n) is 4.12. The molecule has 26 heavy (non-hydrogen) atoms. The topological polar surface area (TPSA) is 59.6 Å². The van der Waals surface area contributed by atoms with Gasteiger partial charge < -0.3 is 14.5 Å². The van der Waals surface area contributed by atoms with E-state index in [9.17, 15) is 9.50 Å². The van der Waals surface area contributed by atoms with Crippen molar-refractivity contribution in [3.8, 4) is 0 Å². The maximum atomic E-state index is 14.6. The van der Waals surface area contributed by atoms with Crippen LogP contribution in [0.25, 0.3) is 0 Å². The summed E-state index contributed by atoms with van der Waals surface area (Å²) in [6.45, 7) is 2.08. The van der Waals surface area contributed by atoms with E-state index in [-0.39, 0.29) is 17.8 Å². The van der Waals surface area contributed by atoms with Crippen molar-refractivity contribution < 1.29 is 14.3 Å². The predicted octanol–water partition coefficient (Wildman–Crippen LogP) is 3.85. The van der Waals surface area contributed by atoms with Crippen LogP contribution in [0.4, 0.5) is 4.39 Å². The molecule has 1 spiro atoms. The molecular formula is C19H21ClFN3O2. The van der Waals surface area contributed by atoms with E-state index in [1.807, 2.05) is 11.5 Å². The van der Waals surface area contributed by atoms with Crippen molar-refractivity contribution in [2.75, 3.05) is 0 Å². The van der Waals surface area contributed by atoms with Crippen LogP contribution in [0.5, 0.6) is 0 Å². The molecule has 0 radical (unpaired) electrons. The van der Waals surface area contributed by atoms with Gasteiger partial charge in [-0.25, -0.2) is 9.37 Å². The van der Waals surface area contributed by atoms with E-state index in [4.69, 9.17) is 16.4 Å². The summed E-state index contributed by atoms with van der Waals surface area (Å²) < 4.78 is 16.5. The quantitative estimate of drug-likeness (QED) is 0.883. The lowest BCUT2D eigenvalue weighted by atomic mass is 9.69. The molecule has 0 amide bonds. The molecule has 1 fully saturated rings. The largest absolute Gasteiger partial charge is 0.385 e. The monoisotopic (exact) mass is 377 g/mol. The molecule has 7 heteroatoms. The second kappa shape index (κ2) is 6.35. The standard InChI is InChI=1S/C19H21ClFN3O2/c1-13-22-9-10-24(13)12-19(25)17(15-6-5-14(20)11-16(15)21)23-26-18(19)7-3-2-4-8-18/h5-6,9-11,25H,2-4,7-8,12H2,1H3. The number of hydrogen-bond donors (Lipinski definition) is 1. The number of nitrogens with zero attached hydrogens (tertiary/aromatic N) is 3. The molecule has 1 aromatic carbocycles. The van der Waals surface area contributed by atoms with E-state index in [1.54, 1.807) is 24.5 Å². The minimum atomic E-state index is -1.45. The van der Waals surface area contributed by atoms with Crippen LogP contribution in [0.3, 0.4) is 0 Å². The van der Waals surface area contributed by atoms with Crippen LogP contribution < -0.4 is 0 Å². The molecule has 0 saturated heterocycles. The molecule has 1 atom stereocenters. The summed E-state index contributed by atoms with van der Waals surface area (Å²) in [5.41, 5.74) is -1.85. The first-order valence-corrected chi connectivity index (χ1v) is 9.25. The Kier molecular flexibility index (Phi) is 4.28. The summed E-state index contributed by atoms with van der Waals surface area (Å²) in [6, 6.07) is 4.37. The summed E-state index contributed by atoms with van der Waals surface area (Å²) in [6.07, 6.45) is 7.82. The lowest BCUT2D eigenvalue weighted by Gasteiger charge is -2.42. The predicted molar refractivity (Wildman–Crippen MR) is 96.8 cm³/mol.